The Morgan fingerprint density at radius 1 is 1.20 bits per heavy atom. The van der Waals surface area contributed by atoms with E-state index in [0.717, 1.165) is 24.8 Å². The molecule has 0 radical (unpaired) electrons. The highest BCUT2D eigenvalue weighted by atomic mass is 16.5. The largest absolute Gasteiger partial charge is 0.454 e. The Bertz CT molecular complexity index is 525. The Kier molecular flexibility index (Phi) is 5.30. The lowest BCUT2D eigenvalue weighted by atomic mass is 10.0. The van der Waals surface area contributed by atoms with Crippen LogP contribution in [0.15, 0.2) is 54.9 Å². The lowest BCUT2D eigenvalue weighted by Crippen LogP contribution is -2.12. The normalized spacial score (nSPS) is 11.8. The van der Waals surface area contributed by atoms with Crippen molar-refractivity contribution >= 4 is 5.97 Å². The molecule has 3 nitrogen and oxygen atoms in total. The van der Waals surface area contributed by atoms with Gasteiger partial charge in [0.25, 0.3) is 0 Å². The van der Waals surface area contributed by atoms with Crippen molar-refractivity contribution in [2.75, 3.05) is 0 Å². The summed E-state index contributed by atoms with van der Waals surface area (Å²) in [5, 5.41) is 0. The average molecular weight is 269 g/mol. The number of carbonyl (C=O) groups is 1. The molecule has 1 unspecified atom stereocenters. The van der Waals surface area contributed by atoms with Crippen LogP contribution in [0.5, 0.6) is 0 Å². The molecule has 2 aromatic rings. The lowest BCUT2D eigenvalue weighted by Gasteiger charge is -2.18. The van der Waals surface area contributed by atoms with Gasteiger partial charge in [0, 0.05) is 12.4 Å². The van der Waals surface area contributed by atoms with E-state index < -0.39 is 0 Å². The van der Waals surface area contributed by atoms with Gasteiger partial charge in [0.15, 0.2) is 0 Å². The van der Waals surface area contributed by atoms with Crippen LogP contribution >= 0.6 is 0 Å². The van der Waals surface area contributed by atoms with Crippen LogP contribution in [-0.4, -0.2) is 11.0 Å². The highest BCUT2D eigenvalue weighted by Gasteiger charge is 2.17. The predicted molar refractivity (Wildman–Crippen MR) is 78.4 cm³/mol. The van der Waals surface area contributed by atoms with E-state index in [1.165, 1.54) is 6.20 Å². The minimum absolute atomic E-state index is 0.191. The van der Waals surface area contributed by atoms with Crippen molar-refractivity contribution in [2.45, 2.75) is 32.3 Å². The highest BCUT2D eigenvalue weighted by molar-refractivity contribution is 5.89. The maximum atomic E-state index is 12.1. The minimum atomic E-state index is -0.317. The Balaban J connectivity index is 2.10. The number of pyridine rings is 1. The lowest BCUT2D eigenvalue weighted by molar-refractivity contribution is 0.0271. The van der Waals surface area contributed by atoms with Gasteiger partial charge in [-0.3, -0.25) is 4.98 Å². The first-order valence-electron chi connectivity index (χ1n) is 6.97. The molecular formula is C17H19NO2. The molecule has 2 rings (SSSR count). The second kappa shape index (κ2) is 7.43. The molecule has 0 fully saturated rings. The van der Waals surface area contributed by atoms with Crippen LogP contribution in [0, 0.1) is 0 Å². The topological polar surface area (TPSA) is 39.2 Å². The van der Waals surface area contributed by atoms with E-state index in [1.807, 2.05) is 30.3 Å². The van der Waals surface area contributed by atoms with Gasteiger partial charge in [0.05, 0.1) is 5.56 Å². The Morgan fingerprint density at radius 3 is 2.65 bits per heavy atom. The smallest absolute Gasteiger partial charge is 0.340 e. The molecular weight excluding hydrogens is 250 g/mol. The quantitative estimate of drug-likeness (QED) is 0.739. The number of hydrogen-bond donors (Lipinski definition) is 0. The molecule has 0 aliphatic rings. The molecule has 0 aliphatic heterocycles. The standard InChI is InChI=1S/C17H19NO2/c1-2-3-11-16(14-8-5-4-6-9-14)20-17(19)15-10-7-12-18-13-15/h4-10,12-13,16H,2-3,11H2,1H3. The molecule has 0 bridgehead atoms. The number of rotatable bonds is 6. The summed E-state index contributed by atoms with van der Waals surface area (Å²) in [5.74, 6) is -0.317. The highest BCUT2D eigenvalue weighted by Crippen LogP contribution is 2.24. The molecule has 0 N–H and O–H groups in total. The van der Waals surface area contributed by atoms with Gasteiger partial charge in [0.1, 0.15) is 6.10 Å². The summed E-state index contributed by atoms with van der Waals surface area (Å²) in [7, 11) is 0. The van der Waals surface area contributed by atoms with Crippen molar-refractivity contribution in [3.63, 3.8) is 0 Å². The minimum Gasteiger partial charge on any atom is -0.454 e. The van der Waals surface area contributed by atoms with Crippen LogP contribution in [0.4, 0.5) is 0 Å². The summed E-state index contributed by atoms with van der Waals surface area (Å²) < 4.78 is 5.65. The van der Waals surface area contributed by atoms with E-state index in [0.29, 0.717) is 5.56 Å². The third-order valence-corrected chi connectivity index (χ3v) is 3.14. The van der Waals surface area contributed by atoms with Crippen molar-refractivity contribution < 1.29 is 9.53 Å². The summed E-state index contributed by atoms with van der Waals surface area (Å²) in [6.45, 7) is 2.13. The summed E-state index contributed by atoms with van der Waals surface area (Å²) >= 11 is 0. The molecule has 0 aliphatic carbocycles. The third-order valence-electron chi connectivity index (χ3n) is 3.14. The van der Waals surface area contributed by atoms with Gasteiger partial charge < -0.3 is 4.74 Å². The molecule has 3 heteroatoms. The number of benzene rings is 1. The van der Waals surface area contributed by atoms with Crippen LogP contribution in [0.1, 0.15) is 48.2 Å². The van der Waals surface area contributed by atoms with Gasteiger partial charge in [-0.25, -0.2) is 4.79 Å². The number of nitrogens with zero attached hydrogens (tertiary/aromatic N) is 1. The van der Waals surface area contributed by atoms with E-state index in [4.69, 9.17) is 4.74 Å². The summed E-state index contributed by atoms with van der Waals surface area (Å²) in [6.07, 6.45) is 5.93. The number of esters is 1. The number of unbranched alkanes of at least 4 members (excludes halogenated alkanes) is 1. The van der Waals surface area contributed by atoms with Crippen molar-refractivity contribution in [3.05, 3.63) is 66.0 Å². The maximum absolute atomic E-state index is 12.1. The zero-order valence-electron chi connectivity index (χ0n) is 11.7. The molecule has 1 aromatic heterocycles. The van der Waals surface area contributed by atoms with Crippen molar-refractivity contribution in [1.29, 1.82) is 0 Å². The Hall–Kier alpha value is -2.16. The van der Waals surface area contributed by atoms with Crippen LogP contribution in [0.2, 0.25) is 0 Å². The predicted octanol–water partition coefficient (Wildman–Crippen LogP) is 4.17. The zero-order chi connectivity index (χ0) is 14.2. The summed E-state index contributed by atoms with van der Waals surface area (Å²) in [5.41, 5.74) is 1.53. The van der Waals surface area contributed by atoms with Gasteiger partial charge in [-0.2, -0.15) is 0 Å². The number of carbonyl (C=O) groups excluding carboxylic acids is 1. The number of aromatic nitrogens is 1. The molecule has 1 aromatic carbocycles. The first-order chi connectivity index (χ1) is 9.81. The van der Waals surface area contributed by atoms with Gasteiger partial charge in [0.2, 0.25) is 0 Å². The van der Waals surface area contributed by atoms with E-state index in [-0.39, 0.29) is 12.1 Å². The Labute approximate surface area is 119 Å². The monoisotopic (exact) mass is 269 g/mol. The molecule has 0 amide bonds. The summed E-state index contributed by atoms with van der Waals surface area (Å²) in [6, 6.07) is 13.3. The van der Waals surface area contributed by atoms with Crippen molar-refractivity contribution in [1.82, 2.24) is 4.98 Å². The van der Waals surface area contributed by atoms with Crippen LogP contribution in [-0.2, 0) is 4.74 Å². The molecule has 0 saturated heterocycles. The molecule has 104 valence electrons. The fourth-order valence-electron chi connectivity index (χ4n) is 2.03. The van der Waals surface area contributed by atoms with E-state index in [9.17, 15) is 4.79 Å². The SMILES string of the molecule is CCCCC(OC(=O)c1cccnc1)c1ccccc1. The Morgan fingerprint density at radius 2 is 2.00 bits per heavy atom. The number of ether oxygens (including phenoxy) is 1. The van der Waals surface area contributed by atoms with Gasteiger partial charge in [-0.05, 0) is 30.5 Å². The van der Waals surface area contributed by atoms with E-state index in [2.05, 4.69) is 11.9 Å². The van der Waals surface area contributed by atoms with Gasteiger partial charge in [-0.15, -0.1) is 0 Å². The van der Waals surface area contributed by atoms with E-state index >= 15 is 0 Å². The van der Waals surface area contributed by atoms with Crippen LogP contribution in [0.25, 0.3) is 0 Å². The number of hydrogen-bond acceptors (Lipinski definition) is 3. The molecule has 1 atom stereocenters. The molecule has 20 heavy (non-hydrogen) atoms. The fraction of sp³-hybridized carbons (Fsp3) is 0.294. The van der Waals surface area contributed by atoms with Gasteiger partial charge >= 0.3 is 5.97 Å². The first kappa shape index (κ1) is 14.3. The average Bonchev–Trinajstić information content (AvgIpc) is 2.53. The summed E-state index contributed by atoms with van der Waals surface area (Å²) in [4.78, 5) is 16.1. The second-order valence-corrected chi connectivity index (χ2v) is 4.69. The van der Waals surface area contributed by atoms with Gasteiger partial charge in [-0.1, -0.05) is 43.7 Å². The van der Waals surface area contributed by atoms with E-state index in [1.54, 1.807) is 18.3 Å². The fourth-order valence-corrected chi connectivity index (χ4v) is 2.03. The third kappa shape index (κ3) is 3.92. The first-order valence-corrected chi connectivity index (χ1v) is 6.97. The zero-order valence-corrected chi connectivity index (χ0v) is 11.7. The van der Waals surface area contributed by atoms with Crippen LogP contribution in [0.3, 0.4) is 0 Å². The molecule has 1 heterocycles. The second-order valence-electron chi connectivity index (χ2n) is 4.69. The van der Waals surface area contributed by atoms with Crippen molar-refractivity contribution in [2.24, 2.45) is 0 Å². The van der Waals surface area contributed by atoms with Crippen LogP contribution < -0.4 is 0 Å². The molecule has 0 saturated carbocycles. The maximum Gasteiger partial charge on any atom is 0.340 e. The van der Waals surface area contributed by atoms with Crippen molar-refractivity contribution in [3.8, 4) is 0 Å². The molecule has 0 spiro atoms.